The van der Waals surface area contributed by atoms with Gasteiger partial charge in [0.05, 0.1) is 19.6 Å². The van der Waals surface area contributed by atoms with Gasteiger partial charge >= 0.3 is 0 Å². The fourth-order valence-electron chi connectivity index (χ4n) is 9.97. The van der Waals surface area contributed by atoms with Crippen molar-refractivity contribution in [2.75, 3.05) is 26.0 Å². The van der Waals surface area contributed by atoms with E-state index >= 15 is 4.79 Å². The predicted molar refractivity (Wildman–Crippen MR) is 309 cm³/mol. The van der Waals surface area contributed by atoms with Crippen molar-refractivity contribution in [2.24, 2.45) is 33.7 Å². The average Bonchev–Trinajstić information content (AvgIpc) is 4.13. The second-order valence-electron chi connectivity index (χ2n) is 20.9. The van der Waals surface area contributed by atoms with E-state index in [-0.39, 0.29) is 63.3 Å². The third-order valence-corrected chi connectivity index (χ3v) is 17.7. The zero-order chi connectivity index (χ0) is 60.8. The number of nitrogens with one attached hydrogen (secondary N) is 7. The molecular formula is C54H78N14O13S2. The molecule has 2 aliphatic heterocycles. The number of aliphatic hydroxyl groups excluding tert-OH is 1. The molecule has 11 amide bonds. The van der Waals surface area contributed by atoms with Gasteiger partial charge in [-0.25, -0.2) is 0 Å². The first-order valence-corrected chi connectivity index (χ1v) is 29.8. The topological polar surface area (TPSA) is 447 Å². The molecule has 1 spiro atoms. The number of nitrogens with two attached hydrogens (primary N) is 5. The Bertz CT molecular complexity index is 2660. The van der Waals surface area contributed by atoms with Crippen LogP contribution < -0.4 is 70.6 Å². The predicted octanol–water partition coefficient (Wildman–Crippen LogP) is -2.59. The summed E-state index contributed by atoms with van der Waals surface area (Å²) in [5.41, 5.74) is 28.8. The van der Waals surface area contributed by atoms with Crippen LogP contribution >= 0.6 is 21.6 Å². The van der Waals surface area contributed by atoms with Crippen molar-refractivity contribution in [2.45, 2.75) is 162 Å². The van der Waals surface area contributed by atoms with Crippen LogP contribution in [-0.4, -0.2) is 166 Å². The summed E-state index contributed by atoms with van der Waals surface area (Å²) in [5.74, 6) is -9.53. The third kappa shape index (κ3) is 20.9. The number of rotatable bonds is 21. The standard InChI is InChI=1S/C54H78N14O13S2/c1-30(69)44(45(57)73)67-47(75)34(13-9-23-60-53(58)59)63-51(79)40-14-10-24-68(40)52(80)39-29-82-83-54(21-7-4-8-22-54)28-43(72)61-36(26-32-15-17-33(81-2)18-16-32)48(76)64-37(25-31-11-5-3-6-12-31)49(77)62-35(19-20-41(55)70)46(74)65-38(27-42(56)71)50(78)66-39/h3,5-6,11-12,15-18,30,34-40,44,69H,4,7-10,13-14,19-29H2,1-2H3,(H2,55,70)(H2,56,71)(H2,57,73)(H,61,72)(H,62,77)(H,63,79)(H,64,76)(H,65,74)(H,66,78)(H,67,75)(H4,58,59,60)/t30-,34+,35+,36?,37?,38+,39?,40+,44+/m1/s1. The van der Waals surface area contributed by atoms with E-state index in [0.717, 1.165) is 30.1 Å². The van der Waals surface area contributed by atoms with E-state index in [1.807, 2.05) is 0 Å². The van der Waals surface area contributed by atoms with E-state index in [9.17, 15) is 53.1 Å². The van der Waals surface area contributed by atoms with Gasteiger partial charge in [-0.3, -0.25) is 57.7 Å². The smallest absolute Gasteiger partial charge is 0.246 e. The number of methoxy groups -OCH3 is 1. The molecule has 2 saturated heterocycles. The summed E-state index contributed by atoms with van der Waals surface area (Å²) < 4.78 is 4.57. The second kappa shape index (κ2) is 32.3. The fraction of sp³-hybridized carbons (Fsp3) is 0.556. The number of ether oxygens (including phenoxy) is 1. The van der Waals surface area contributed by atoms with Crippen LogP contribution in [0.2, 0.25) is 0 Å². The van der Waals surface area contributed by atoms with Crippen LogP contribution in [0.15, 0.2) is 59.6 Å². The van der Waals surface area contributed by atoms with Gasteiger partial charge < -0.3 is 80.6 Å². The molecule has 3 unspecified atom stereocenters. The number of nitrogens with zero attached hydrogens (tertiary/aromatic N) is 2. The summed E-state index contributed by atoms with van der Waals surface area (Å²) in [6.07, 6.45) is 0.612. The lowest BCUT2D eigenvalue weighted by molar-refractivity contribution is -0.142. The number of benzene rings is 2. The normalized spacial score (nSPS) is 23.0. The summed E-state index contributed by atoms with van der Waals surface area (Å²) in [6, 6.07) is 3.83. The lowest BCUT2D eigenvalue weighted by Crippen LogP contribution is -2.61. The van der Waals surface area contributed by atoms with Gasteiger partial charge in [-0.15, -0.1) is 0 Å². The van der Waals surface area contributed by atoms with Crippen LogP contribution in [0.5, 0.6) is 5.75 Å². The van der Waals surface area contributed by atoms with Crippen molar-refractivity contribution in [1.82, 2.24) is 42.1 Å². The van der Waals surface area contributed by atoms with Gasteiger partial charge in [0.1, 0.15) is 54.1 Å². The van der Waals surface area contributed by atoms with Gasteiger partial charge in [-0.2, -0.15) is 0 Å². The zero-order valence-corrected chi connectivity index (χ0v) is 48.2. The average molecular weight is 1200 g/mol. The Morgan fingerprint density at radius 3 is 1.96 bits per heavy atom. The van der Waals surface area contributed by atoms with E-state index in [0.29, 0.717) is 36.1 Å². The summed E-state index contributed by atoms with van der Waals surface area (Å²) in [7, 11) is 3.98. The molecule has 29 heteroatoms. The maximum absolute atomic E-state index is 15.0. The lowest BCUT2D eigenvalue weighted by atomic mass is 9.85. The molecule has 27 nitrogen and oxygen atoms in total. The summed E-state index contributed by atoms with van der Waals surface area (Å²) in [5, 5.41) is 28.6. The van der Waals surface area contributed by atoms with Crippen LogP contribution in [0.3, 0.4) is 0 Å². The zero-order valence-electron chi connectivity index (χ0n) is 46.6. The van der Waals surface area contributed by atoms with Crippen molar-refractivity contribution in [1.29, 1.82) is 0 Å². The Hall–Kier alpha value is -7.66. The highest BCUT2D eigenvalue weighted by molar-refractivity contribution is 8.77. The molecule has 18 N–H and O–H groups in total. The quantitative estimate of drug-likeness (QED) is 0.0264. The minimum Gasteiger partial charge on any atom is -0.497 e. The summed E-state index contributed by atoms with van der Waals surface area (Å²) >= 11 is 0. The number of carbonyl (C=O) groups is 11. The Morgan fingerprint density at radius 2 is 1.36 bits per heavy atom. The number of guanidine groups is 1. The van der Waals surface area contributed by atoms with Crippen LogP contribution in [0.1, 0.15) is 102 Å². The van der Waals surface area contributed by atoms with Gasteiger partial charge in [0.15, 0.2) is 5.96 Å². The summed E-state index contributed by atoms with van der Waals surface area (Å²) in [6.45, 7) is 1.28. The molecule has 5 rings (SSSR count). The van der Waals surface area contributed by atoms with Crippen LogP contribution in [0.25, 0.3) is 0 Å². The Morgan fingerprint density at radius 1 is 0.759 bits per heavy atom. The van der Waals surface area contributed by atoms with Crippen molar-refractivity contribution in [3.8, 4) is 5.75 Å². The van der Waals surface area contributed by atoms with Crippen LogP contribution in [-0.2, 0) is 65.6 Å². The minimum absolute atomic E-state index is 0.00241. The van der Waals surface area contributed by atoms with Gasteiger partial charge in [-0.1, -0.05) is 83.3 Å². The number of hydrogen-bond donors (Lipinski definition) is 13. The largest absolute Gasteiger partial charge is 0.497 e. The van der Waals surface area contributed by atoms with Gasteiger partial charge in [0.25, 0.3) is 0 Å². The van der Waals surface area contributed by atoms with Crippen LogP contribution in [0.4, 0.5) is 0 Å². The van der Waals surface area contributed by atoms with Crippen LogP contribution in [0, 0.1) is 0 Å². The van der Waals surface area contributed by atoms with Gasteiger partial charge in [0, 0.05) is 49.3 Å². The molecule has 0 radical (unpaired) electrons. The van der Waals surface area contributed by atoms with Gasteiger partial charge in [-0.05, 0) is 75.1 Å². The molecule has 0 bridgehead atoms. The number of aliphatic hydroxyl groups is 1. The molecule has 9 atom stereocenters. The number of amides is 11. The SMILES string of the molecule is COc1ccc(CC2NC(=O)CC3(CCCCC3)SSCC(C(=O)N3CCC[C@H]3C(=O)N[C@@H](CCCN=C(N)N)C(=O)N[C@H](C(N)=O)[C@@H](C)O)NC(=O)[C@H](CC(N)=O)NC(=O)[C@H](CCC(N)=O)NC(=O)C(Cc3ccccc3)NC2=O)cc1. The molecular weight excluding hydrogens is 1120 g/mol. The molecule has 0 aromatic heterocycles. The molecule has 2 heterocycles. The van der Waals surface area contributed by atoms with E-state index in [2.05, 4.69) is 42.2 Å². The molecule has 3 aliphatic rings. The Kier molecular flexibility index (Phi) is 25.7. The number of carbonyl (C=O) groups excluding carboxylic acids is 11. The highest BCUT2D eigenvalue weighted by Gasteiger charge is 2.43. The first-order valence-electron chi connectivity index (χ1n) is 27.5. The molecule has 454 valence electrons. The number of aliphatic imine (C=N–C) groups is 1. The highest BCUT2D eigenvalue weighted by Crippen LogP contribution is 2.48. The number of likely N-dealkylation sites (tertiary alicyclic amines) is 1. The van der Waals surface area contributed by atoms with E-state index < -0.39 is 143 Å². The Labute approximate surface area is 488 Å². The monoisotopic (exact) mass is 1190 g/mol. The molecule has 3 fully saturated rings. The molecule has 2 aromatic carbocycles. The summed E-state index contributed by atoms with van der Waals surface area (Å²) in [4.78, 5) is 158. The number of hydrogen-bond acceptors (Lipinski definition) is 16. The molecule has 1 saturated carbocycles. The van der Waals surface area contributed by atoms with Crippen molar-refractivity contribution < 1.29 is 62.6 Å². The highest BCUT2D eigenvalue weighted by atomic mass is 33.1. The van der Waals surface area contributed by atoms with E-state index in [4.69, 9.17) is 33.4 Å². The van der Waals surface area contributed by atoms with E-state index in [1.54, 1.807) is 54.6 Å². The lowest BCUT2D eigenvalue weighted by Gasteiger charge is -2.37. The third-order valence-electron chi connectivity index (χ3n) is 14.4. The first kappa shape index (κ1) is 66.1. The van der Waals surface area contributed by atoms with Gasteiger partial charge in [0.2, 0.25) is 65.0 Å². The fourth-order valence-corrected chi connectivity index (χ4v) is 13.3. The van der Waals surface area contributed by atoms with Crippen molar-refractivity contribution in [3.05, 3.63) is 65.7 Å². The van der Waals surface area contributed by atoms with Crippen molar-refractivity contribution in [3.63, 3.8) is 0 Å². The molecule has 1 aliphatic carbocycles. The first-order chi connectivity index (χ1) is 39.5. The maximum atomic E-state index is 15.0. The van der Waals surface area contributed by atoms with E-state index in [1.165, 1.54) is 29.7 Å². The Balaban J connectivity index is 1.54. The number of primary amides is 3. The molecule has 2 aromatic rings. The van der Waals surface area contributed by atoms with Crippen molar-refractivity contribution >= 4 is 92.5 Å². The maximum Gasteiger partial charge on any atom is 0.246 e. The minimum atomic E-state index is -1.79. The molecule has 83 heavy (non-hydrogen) atoms. The second-order valence-corrected chi connectivity index (χ2v) is 23.7.